The smallest absolute Gasteiger partial charge is 0.339 e. The van der Waals surface area contributed by atoms with Crippen molar-refractivity contribution in [3.05, 3.63) is 28.8 Å². The number of nitrogens with one attached hydrogen (secondary N) is 4. The summed E-state index contributed by atoms with van der Waals surface area (Å²) in [7, 11) is 3.13. The molecule has 0 saturated heterocycles. The van der Waals surface area contributed by atoms with Crippen LogP contribution in [0.5, 0.6) is 0 Å². The van der Waals surface area contributed by atoms with E-state index >= 15 is 0 Å². The monoisotopic (exact) mass is 316 g/mol. The number of furan rings is 1. The molecule has 0 spiro atoms. The van der Waals surface area contributed by atoms with Crippen LogP contribution in [-0.4, -0.2) is 31.3 Å². The highest BCUT2D eigenvalue weighted by molar-refractivity contribution is 6.31. The van der Waals surface area contributed by atoms with Gasteiger partial charge in [-0.15, -0.1) is 0 Å². The van der Waals surface area contributed by atoms with Gasteiger partial charge in [-0.05, 0) is 0 Å². The van der Waals surface area contributed by atoms with Crippen LogP contribution < -0.4 is 22.0 Å². The molecule has 6 N–H and O–H groups in total. The zero-order chi connectivity index (χ0) is 15.8. The normalized spacial score (nSPS) is 11.1. The summed E-state index contributed by atoms with van der Waals surface area (Å²) >= 11 is 5.96. The van der Waals surface area contributed by atoms with Crippen molar-refractivity contribution in [2.45, 2.75) is 6.61 Å². The Morgan fingerprint density at radius 2 is 2.38 bits per heavy atom. The van der Waals surface area contributed by atoms with E-state index in [1.807, 2.05) is 0 Å². The molecule has 1 heterocycles. The number of amides is 2. The number of hydrazine groups is 2. The third-order valence-corrected chi connectivity index (χ3v) is 2.60. The average molecular weight is 317 g/mol. The highest BCUT2D eigenvalue weighted by Crippen LogP contribution is 2.28. The molecule has 0 fully saturated rings. The number of carbonyl (C=O) groups excluding carboxylic acids is 1. The number of ether oxygens (including phenoxy) is 1. The Bertz CT molecular complexity index is 530. The number of nitrogens with zero attached hydrogens (tertiary/aromatic N) is 1. The minimum Gasteiger partial charge on any atom is -0.474 e. The van der Waals surface area contributed by atoms with Crippen molar-refractivity contribution in [2.24, 2.45) is 5.73 Å². The molecule has 1 rings (SSSR count). The Morgan fingerprint density at radius 3 is 3.00 bits per heavy atom. The number of nitrogens with two attached hydrogens (primary N) is 1. The lowest BCUT2D eigenvalue weighted by Crippen LogP contribution is -2.47. The zero-order valence-corrected chi connectivity index (χ0v) is 12.3. The van der Waals surface area contributed by atoms with Crippen molar-refractivity contribution >= 4 is 29.7 Å². The van der Waals surface area contributed by atoms with Crippen molar-refractivity contribution in [3.8, 4) is 0 Å². The van der Waals surface area contributed by atoms with Gasteiger partial charge in [0.05, 0.1) is 10.6 Å². The van der Waals surface area contributed by atoms with E-state index in [4.69, 9.17) is 31.9 Å². The maximum Gasteiger partial charge on any atom is 0.339 e. The molecule has 0 bridgehead atoms. The lowest BCUT2D eigenvalue weighted by Gasteiger charge is -2.17. The lowest BCUT2D eigenvalue weighted by molar-refractivity contribution is 0.188. The van der Waals surface area contributed by atoms with Crippen molar-refractivity contribution < 1.29 is 13.9 Å². The number of carbonyl (C=O) groups is 1. The molecule has 1 aromatic rings. The van der Waals surface area contributed by atoms with Gasteiger partial charge in [-0.2, -0.15) is 5.53 Å². The molecule has 116 valence electrons. The second-order valence-corrected chi connectivity index (χ2v) is 4.17. The number of allylic oxidation sites excluding steroid dienone is 1. The highest BCUT2D eigenvalue weighted by Gasteiger charge is 2.17. The number of halogens is 1. The van der Waals surface area contributed by atoms with Crippen LogP contribution in [0.3, 0.4) is 0 Å². The second-order valence-electron chi connectivity index (χ2n) is 3.77. The fraction of sp³-hybridized carbons (Fsp3) is 0.273. The quantitative estimate of drug-likeness (QED) is 0.290. The molecule has 0 atom stereocenters. The Kier molecular flexibility index (Phi) is 6.53. The third kappa shape index (κ3) is 4.99. The number of anilines is 1. The van der Waals surface area contributed by atoms with Crippen molar-refractivity contribution in [2.75, 3.05) is 19.4 Å². The molecule has 0 aromatic carbocycles. The standard InChI is InChI=1S/C11H17ClN6O3/c1-15-17-18(2)11(19)16-10-7(8(12)6-21-10)5-20-9(14)3-4-13/h3-4,6,13,15,17H,5,14H2,1-2H3,(H,16,19). The molecule has 0 aliphatic rings. The predicted molar refractivity (Wildman–Crippen MR) is 78.5 cm³/mol. The van der Waals surface area contributed by atoms with E-state index in [0.29, 0.717) is 5.56 Å². The summed E-state index contributed by atoms with van der Waals surface area (Å²) in [6.45, 7) is -0.00963. The van der Waals surface area contributed by atoms with Crippen LogP contribution in [0.15, 0.2) is 22.6 Å². The van der Waals surface area contributed by atoms with Crippen LogP contribution in [0.25, 0.3) is 0 Å². The van der Waals surface area contributed by atoms with Gasteiger partial charge in [-0.3, -0.25) is 5.32 Å². The Balaban J connectivity index is 2.74. The van der Waals surface area contributed by atoms with Gasteiger partial charge in [0.15, 0.2) is 5.88 Å². The van der Waals surface area contributed by atoms with Gasteiger partial charge < -0.3 is 20.3 Å². The predicted octanol–water partition coefficient (Wildman–Crippen LogP) is 1.00. The van der Waals surface area contributed by atoms with Crippen LogP contribution in [0.2, 0.25) is 5.02 Å². The highest BCUT2D eigenvalue weighted by atomic mass is 35.5. The fourth-order valence-corrected chi connectivity index (χ4v) is 1.47. The first-order valence-electron chi connectivity index (χ1n) is 5.81. The van der Waals surface area contributed by atoms with Crippen LogP contribution >= 0.6 is 11.6 Å². The lowest BCUT2D eigenvalue weighted by atomic mass is 10.3. The minimum atomic E-state index is -0.473. The summed E-state index contributed by atoms with van der Waals surface area (Å²) in [4.78, 5) is 11.8. The van der Waals surface area contributed by atoms with E-state index in [0.717, 1.165) is 6.21 Å². The maximum atomic E-state index is 11.8. The maximum absolute atomic E-state index is 11.8. The van der Waals surface area contributed by atoms with E-state index in [1.54, 1.807) is 7.05 Å². The molecule has 0 unspecified atom stereocenters. The van der Waals surface area contributed by atoms with Gasteiger partial charge in [0.2, 0.25) is 5.88 Å². The molecule has 21 heavy (non-hydrogen) atoms. The number of urea groups is 1. The number of hydrogen-bond donors (Lipinski definition) is 5. The third-order valence-electron chi connectivity index (χ3n) is 2.28. The first-order valence-corrected chi connectivity index (χ1v) is 6.19. The van der Waals surface area contributed by atoms with Crippen LogP contribution in [0, 0.1) is 5.41 Å². The Hall–Kier alpha value is -2.23. The van der Waals surface area contributed by atoms with E-state index in [2.05, 4.69) is 16.3 Å². The first kappa shape index (κ1) is 16.8. The largest absolute Gasteiger partial charge is 0.474 e. The summed E-state index contributed by atoms with van der Waals surface area (Å²) in [5.41, 5.74) is 11.1. The Labute approximate surface area is 126 Å². The molecule has 0 aliphatic heterocycles. The summed E-state index contributed by atoms with van der Waals surface area (Å²) in [6, 6.07) is -0.473. The molecule has 10 heteroatoms. The van der Waals surface area contributed by atoms with E-state index in [-0.39, 0.29) is 23.4 Å². The molecule has 9 nitrogen and oxygen atoms in total. The molecule has 0 aliphatic carbocycles. The summed E-state index contributed by atoms with van der Waals surface area (Å²) in [5, 5.41) is 10.8. The Morgan fingerprint density at radius 1 is 1.67 bits per heavy atom. The van der Waals surface area contributed by atoms with Crippen LogP contribution in [0.4, 0.5) is 10.7 Å². The van der Waals surface area contributed by atoms with Crippen LogP contribution in [-0.2, 0) is 11.3 Å². The molecular formula is C11H17ClN6O3. The van der Waals surface area contributed by atoms with Gasteiger partial charge >= 0.3 is 6.03 Å². The summed E-state index contributed by atoms with van der Waals surface area (Å²) < 4.78 is 10.4. The number of rotatable bonds is 7. The van der Waals surface area contributed by atoms with Crippen molar-refractivity contribution in [3.63, 3.8) is 0 Å². The molecular weight excluding hydrogens is 300 g/mol. The van der Waals surface area contributed by atoms with E-state index < -0.39 is 6.03 Å². The zero-order valence-electron chi connectivity index (χ0n) is 11.6. The topological polar surface area (TPSA) is 129 Å². The van der Waals surface area contributed by atoms with Crippen molar-refractivity contribution in [1.82, 2.24) is 16.0 Å². The minimum absolute atomic E-state index is 0.00963. The van der Waals surface area contributed by atoms with Gasteiger partial charge in [-0.25, -0.2) is 15.2 Å². The van der Waals surface area contributed by atoms with Gasteiger partial charge in [0.1, 0.15) is 12.9 Å². The fourth-order valence-electron chi connectivity index (χ4n) is 1.29. The van der Waals surface area contributed by atoms with Crippen LogP contribution in [0.1, 0.15) is 5.56 Å². The van der Waals surface area contributed by atoms with Crippen molar-refractivity contribution in [1.29, 1.82) is 5.41 Å². The number of hydrogen-bond acceptors (Lipinski definition) is 7. The summed E-state index contributed by atoms with van der Waals surface area (Å²) in [5.74, 6) is 0.200. The molecule has 0 radical (unpaired) electrons. The average Bonchev–Trinajstić information content (AvgIpc) is 2.77. The molecule has 0 saturated carbocycles. The van der Waals surface area contributed by atoms with E-state index in [9.17, 15) is 4.79 Å². The first-order chi connectivity index (χ1) is 9.99. The van der Waals surface area contributed by atoms with E-state index in [1.165, 1.54) is 24.4 Å². The van der Waals surface area contributed by atoms with Gasteiger partial charge in [0.25, 0.3) is 0 Å². The summed E-state index contributed by atoms with van der Waals surface area (Å²) in [6.07, 6.45) is 3.54. The molecule has 2 amide bonds. The van der Waals surface area contributed by atoms with Gasteiger partial charge in [0, 0.05) is 26.4 Å². The SMILES string of the molecule is CNNN(C)C(=O)Nc1occ(Cl)c1COC(N)=CC=N. The molecule has 1 aromatic heterocycles. The van der Waals surface area contributed by atoms with Gasteiger partial charge in [-0.1, -0.05) is 11.6 Å². The second kappa shape index (κ2) is 8.15.